The number of hydrogen-bond donors (Lipinski definition) is 0. The summed E-state index contributed by atoms with van der Waals surface area (Å²) in [4.78, 5) is 0. The van der Waals surface area contributed by atoms with E-state index >= 15 is 0 Å². The zero-order chi connectivity index (χ0) is 12.8. The molecule has 0 spiro atoms. The minimum absolute atomic E-state index is 0.824. The van der Waals surface area contributed by atoms with Gasteiger partial charge in [0.15, 0.2) is 0 Å². The molecule has 2 aliphatic carbocycles. The van der Waals surface area contributed by atoms with E-state index in [2.05, 4.69) is 31.7 Å². The van der Waals surface area contributed by atoms with E-state index in [1.54, 1.807) is 0 Å². The van der Waals surface area contributed by atoms with Gasteiger partial charge in [0.1, 0.15) is 0 Å². The average Bonchev–Trinajstić information content (AvgIpc) is 2.46. The fourth-order valence-corrected chi connectivity index (χ4v) is 3.99. The van der Waals surface area contributed by atoms with Crippen molar-refractivity contribution < 1.29 is 0 Å². The lowest BCUT2D eigenvalue weighted by atomic mass is 9.69. The topological polar surface area (TPSA) is 0 Å². The van der Waals surface area contributed by atoms with Gasteiger partial charge in [-0.05, 0) is 81.5 Å². The van der Waals surface area contributed by atoms with E-state index < -0.39 is 0 Å². The molecule has 0 amide bonds. The van der Waals surface area contributed by atoms with Crippen LogP contribution in [0.25, 0.3) is 0 Å². The molecule has 0 radical (unpaired) electrons. The molecule has 0 saturated heterocycles. The van der Waals surface area contributed by atoms with Gasteiger partial charge in [0.25, 0.3) is 0 Å². The van der Waals surface area contributed by atoms with E-state index in [-0.39, 0.29) is 0 Å². The van der Waals surface area contributed by atoms with E-state index in [1.165, 1.54) is 57.8 Å². The van der Waals surface area contributed by atoms with Gasteiger partial charge in [0.05, 0.1) is 0 Å². The summed E-state index contributed by atoms with van der Waals surface area (Å²) in [5, 5.41) is 0. The molecule has 2 rings (SSSR count). The highest BCUT2D eigenvalue weighted by atomic mass is 14.3. The minimum atomic E-state index is 0.824. The van der Waals surface area contributed by atoms with Crippen LogP contribution in [0.5, 0.6) is 0 Å². The van der Waals surface area contributed by atoms with Crippen molar-refractivity contribution in [2.45, 2.75) is 64.7 Å². The standard InChI is InChI=1S/C18H30/c1-3-5-6-16-9-13-18(14-10-16)17-11-7-15(4-2)8-12-17/h4-6,15-18H,2-3,7-14H2,1H3. The van der Waals surface area contributed by atoms with E-state index in [0.717, 1.165) is 23.7 Å². The third-order valence-corrected chi connectivity index (χ3v) is 5.28. The van der Waals surface area contributed by atoms with Crippen LogP contribution in [0.3, 0.4) is 0 Å². The van der Waals surface area contributed by atoms with Crippen molar-refractivity contribution >= 4 is 0 Å². The first-order valence-corrected chi connectivity index (χ1v) is 8.12. The molecule has 0 heterocycles. The molecule has 0 nitrogen and oxygen atoms in total. The predicted octanol–water partition coefficient (Wildman–Crippen LogP) is 5.75. The Morgan fingerprint density at radius 3 is 1.78 bits per heavy atom. The molecule has 102 valence electrons. The van der Waals surface area contributed by atoms with Crippen molar-refractivity contribution in [3.63, 3.8) is 0 Å². The molecule has 0 unspecified atom stereocenters. The SMILES string of the molecule is C=CC1CCC(C2CCC(C=CCC)CC2)CC1. The Morgan fingerprint density at radius 2 is 1.33 bits per heavy atom. The van der Waals surface area contributed by atoms with Crippen LogP contribution < -0.4 is 0 Å². The smallest absolute Gasteiger partial charge is 0.0233 e. The third kappa shape index (κ3) is 3.73. The Bertz CT molecular complexity index is 260. The van der Waals surface area contributed by atoms with Crippen LogP contribution in [0.1, 0.15) is 64.7 Å². The molecule has 0 aromatic carbocycles. The Hall–Kier alpha value is -0.520. The Morgan fingerprint density at radius 1 is 0.833 bits per heavy atom. The van der Waals surface area contributed by atoms with Crippen LogP contribution in [0.4, 0.5) is 0 Å². The maximum atomic E-state index is 3.95. The van der Waals surface area contributed by atoms with Crippen LogP contribution in [0, 0.1) is 23.7 Å². The lowest BCUT2D eigenvalue weighted by Crippen LogP contribution is -2.25. The van der Waals surface area contributed by atoms with Crippen molar-refractivity contribution in [2.24, 2.45) is 23.7 Å². The summed E-state index contributed by atoms with van der Waals surface area (Å²) in [6.45, 7) is 6.19. The van der Waals surface area contributed by atoms with Crippen LogP contribution >= 0.6 is 0 Å². The van der Waals surface area contributed by atoms with Gasteiger partial charge in [-0.15, -0.1) is 6.58 Å². The second-order valence-electron chi connectivity index (χ2n) is 6.42. The summed E-state index contributed by atoms with van der Waals surface area (Å²) in [7, 11) is 0. The molecule has 0 aromatic heterocycles. The maximum absolute atomic E-state index is 3.95. The number of allylic oxidation sites excluding steroid dienone is 3. The number of hydrogen-bond acceptors (Lipinski definition) is 0. The fourth-order valence-electron chi connectivity index (χ4n) is 3.99. The first kappa shape index (κ1) is 13.9. The lowest BCUT2D eigenvalue weighted by molar-refractivity contribution is 0.166. The van der Waals surface area contributed by atoms with Crippen molar-refractivity contribution in [3.8, 4) is 0 Å². The largest absolute Gasteiger partial charge is 0.103 e. The van der Waals surface area contributed by atoms with Crippen molar-refractivity contribution in [1.29, 1.82) is 0 Å². The molecule has 2 aliphatic rings. The van der Waals surface area contributed by atoms with Gasteiger partial charge >= 0.3 is 0 Å². The van der Waals surface area contributed by atoms with Crippen LogP contribution in [-0.2, 0) is 0 Å². The Balaban J connectivity index is 1.73. The predicted molar refractivity (Wildman–Crippen MR) is 80.5 cm³/mol. The van der Waals surface area contributed by atoms with Gasteiger partial charge < -0.3 is 0 Å². The summed E-state index contributed by atoms with van der Waals surface area (Å²) in [5.41, 5.74) is 0. The van der Waals surface area contributed by atoms with Crippen LogP contribution in [0.2, 0.25) is 0 Å². The zero-order valence-corrected chi connectivity index (χ0v) is 12.1. The normalized spacial score (nSPS) is 37.8. The summed E-state index contributed by atoms with van der Waals surface area (Å²) < 4.78 is 0. The molecule has 0 aromatic rings. The summed E-state index contributed by atoms with van der Waals surface area (Å²) >= 11 is 0. The highest BCUT2D eigenvalue weighted by Crippen LogP contribution is 2.41. The van der Waals surface area contributed by atoms with Gasteiger partial charge in [-0.1, -0.05) is 25.2 Å². The van der Waals surface area contributed by atoms with E-state index in [1.807, 2.05) is 0 Å². The quantitative estimate of drug-likeness (QED) is 0.554. The van der Waals surface area contributed by atoms with E-state index in [4.69, 9.17) is 0 Å². The summed E-state index contributed by atoms with van der Waals surface area (Å²) in [5.74, 6) is 3.80. The summed E-state index contributed by atoms with van der Waals surface area (Å²) in [6.07, 6.45) is 19.8. The van der Waals surface area contributed by atoms with Gasteiger partial charge in [-0.3, -0.25) is 0 Å². The Labute approximate surface area is 114 Å². The molecular formula is C18H30. The molecule has 0 heteroatoms. The average molecular weight is 246 g/mol. The molecule has 0 aliphatic heterocycles. The van der Waals surface area contributed by atoms with E-state index in [9.17, 15) is 0 Å². The van der Waals surface area contributed by atoms with Gasteiger partial charge in [0.2, 0.25) is 0 Å². The van der Waals surface area contributed by atoms with Crippen LogP contribution in [0.15, 0.2) is 24.8 Å². The van der Waals surface area contributed by atoms with E-state index in [0.29, 0.717) is 0 Å². The molecular weight excluding hydrogens is 216 g/mol. The fraction of sp³-hybridized carbons (Fsp3) is 0.778. The Kier molecular flexibility index (Phi) is 5.53. The van der Waals surface area contributed by atoms with Gasteiger partial charge in [0, 0.05) is 0 Å². The number of rotatable bonds is 4. The van der Waals surface area contributed by atoms with Crippen molar-refractivity contribution in [1.82, 2.24) is 0 Å². The third-order valence-electron chi connectivity index (χ3n) is 5.28. The first-order valence-electron chi connectivity index (χ1n) is 8.12. The monoisotopic (exact) mass is 246 g/mol. The highest BCUT2D eigenvalue weighted by molar-refractivity contribution is 4.92. The summed E-state index contributed by atoms with van der Waals surface area (Å²) in [6, 6.07) is 0. The van der Waals surface area contributed by atoms with Crippen molar-refractivity contribution in [2.75, 3.05) is 0 Å². The molecule has 2 fully saturated rings. The van der Waals surface area contributed by atoms with Gasteiger partial charge in [-0.2, -0.15) is 0 Å². The van der Waals surface area contributed by atoms with Crippen molar-refractivity contribution in [3.05, 3.63) is 24.8 Å². The van der Waals surface area contributed by atoms with Crippen LogP contribution in [-0.4, -0.2) is 0 Å². The van der Waals surface area contributed by atoms with Gasteiger partial charge in [-0.25, -0.2) is 0 Å². The molecule has 2 saturated carbocycles. The molecule has 0 N–H and O–H groups in total. The lowest BCUT2D eigenvalue weighted by Gasteiger charge is -2.36. The second kappa shape index (κ2) is 7.16. The molecule has 18 heavy (non-hydrogen) atoms. The highest BCUT2D eigenvalue weighted by Gasteiger charge is 2.29. The second-order valence-corrected chi connectivity index (χ2v) is 6.42. The molecule has 0 bridgehead atoms. The minimum Gasteiger partial charge on any atom is -0.103 e. The molecule has 0 atom stereocenters. The first-order chi connectivity index (χ1) is 8.83. The zero-order valence-electron chi connectivity index (χ0n) is 12.1. The maximum Gasteiger partial charge on any atom is -0.0233 e.